The summed E-state index contributed by atoms with van der Waals surface area (Å²) in [6, 6.07) is 4.45. The molecule has 130 valence electrons. The first-order chi connectivity index (χ1) is 11.3. The SMILES string of the molecule is CCCCCCCC1CCC(c2ccc(CCCC)nn2)CC1. The van der Waals surface area contributed by atoms with Crippen molar-refractivity contribution in [2.75, 3.05) is 0 Å². The topological polar surface area (TPSA) is 25.8 Å². The zero-order valence-corrected chi connectivity index (χ0v) is 15.4. The zero-order valence-electron chi connectivity index (χ0n) is 15.4. The fourth-order valence-electron chi connectivity index (χ4n) is 3.86. The monoisotopic (exact) mass is 316 g/mol. The van der Waals surface area contributed by atoms with Crippen LogP contribution < -0.4 is 0 Å². The molecule has 1 aliphatic rings. The summed E-state index contributed by atoms with van der Waals surface area (Å²) in [7, 11) is 0. The van der Waals surface area contributed by atoms with Gasteiger partial charge < -0.3 is 0 Å². The van der Waals surface area contributed by atoms with Crippen LogP contribution in [0, 0.1) is 5.92 Å². The maximum absolute atomic E-state index is 4.53. The third-order valence-electron chi connectivity index (χ3n) is 5.51. The Morgan fingerprint density at radius 3 is 2.22 bits per heavy atom. The third-order valence-corrected chi connectivity index (χ3v) is 5.51. The normalized spacial score (nSPS) is 21.5. The molecule has 2 heteroatoms. The van der Waals surface area contributed by atoms with Gasteiger partial charge in [0.25, 0.3) is 0 Å². The summed E-state index contributed by atoms with van der Waals surface area (Å²) in [5.74, 6) is 1.64. The second-order valence-electron chi connectivity index (χ2n) is 7.47. The molecule has 1 saturated carbocycles. The van der Waals surface area contributed by atoms with Gasteiger partial charge in [-0.2, -0.15) is 10.2 Å². The van der Waals surface area contributed by atoms with Crippen LogP contribution in [0.4, 0.5) is 0 Å². The van der Waals surface area contributed by atoms with Crippen molar-refractivity contribution in [1.29, 1.82) is 0 Å². The summed E-state index contributed by atoms with van der Waals surface area (Å²) in [4.78, 5) is 0. The minimum Gasteiger partial charge on any atom is -0.155 e. The van der Waals surface area contributed by atoms with Gasteiger partial charge in [-0.3, -0.25) is 0 Å². The highest BCUT2D eigenvalue weighted by Crippen LogP contribution is 2.36. The average molecular weight is 317 g/mol. The van der Waals surface area contributed by atoms with Gasteiger partial charge in [0.1, 0.15) is 0 Å². The maximum Gasteiger partial charge on any atom is 0.0662 e. The average Bonchev–Trinajstić information content (AvgIpc) is 2.61. The zero-order chi connectivity index (χ0) is 16.3. The van der Waals surface area contributed by atoms with Crippen LogP contribution in [0.15, 0.2) is 12.1 Å². The summed E-state index contributed by atoms with van der Waals surface area (Å²) >= 11 is 0. The van der Waals surface area contributed by atoms with Crippen molar-refractivity contribution in [2.24, 2.45) is 5.92 Å². The molecule has 2 nitrogen and oxygen atoms in total. The van der Waals surface area contributed by atoms with E-state index in [1.807, 2.05) is 0 Å². The van der Waals surface area contributed by atoms with Gasteiger partial charge in [-0.05, 0) is 56.6 Å². The molecule has 23 heavy (non-hydrogen) atoms. The first-order valence-electron chi connectivity index (χ1n) is 10.2. The molecule has 0 atom stereocenters. The van der Waals surface area contributed by atoms with Crippen molar-refractivity contribution >= 4 is 0 Å². The lowest BCUT2D eigenvalue weighted by atomic mass is 9.78. The molecule has 0 N–H and O–H groups in total. The van der Waals surface area contributed by atoms with Crippen LogP contribution in [0.2, 0.25) is 0 Å². The van der Waals surface area contributed by atoms with Gasteiger partial charge in [-0.15, -0.1) is 0 Å². The van der Waals surface area contributed by atoms with Crippen molar-refractivity contribution < 1.29 is 0 Å². The molecular formula is C21H36N2. The lowest BCUT2D eigenvalue weighted by Crippen LogP contribution is -2.15. The molecule has 1 aromatic rings. The molecule has 0 aliphatic heterocycles. The van der Waals surface area contributed by atoms with Crippen molar-refractivity contribution in [3.05, 3.63) is 23.5 Å². The number of nitrogens with zero attached hydrogens (tertiary/aromatic N) is 2. The minimum atomic E-state index is 0.666. The Bertz CT molecular complexity index is 404. The van der Waals surface area contributed by atoms with E-state index in [0.717, 1.165) is 18.0 Å². The lowest BCUT2D eigenvalue weighted by molar-refractivity contribution is 0.298. The number of aryl methyl sites for hydroxylation is 1. The molecule has 1 fully saturated rings. The van der Waals surface area contributed by atoms with Gasteiger partial charge in [0, 0.05) is 5.92 Å². The Balaban J connectivity index is 1.67. The second-order valence-corrected chi connectivity index (χ2v) is 7.47. The summed E-state index contributed by atoms with van der Waals surface area (Å²) in [6.45, 7) is 4.52. The van der Waals surface area contributed by atoms with Crippen molar-refractivity contribution in [1.82, 2.24) is 10.2 Å². The lowest BCUT2D eigenvalue weighted by Gasteiger charge is -2.28. The highest BCUT2D eigenvalue weighted by atomic mass is 15.1. The smallest absolute Gasteiger partial charge is 0.0662 e. The van der Waals surface area contributed by atoms with Gasteiger partial charge in [-0.1, -0.05) is 58.8 Å². The quantitative estimate of drug-likeness (QED) is 0.463. The number of rotatable bonds is 10. The van der Waals surface area contributed by atoms with E-state index in [2.05, 4.69) is 36.2 Å². The number of hydrogen-bond donors (Lipinski definition) is 0. The molecule has 1 aliphatic carbocycles. The molecule has 1 heterocycles. The van der Waals surface area contributed by atoms with Crippen LogP contribution in [0.25, 0.3) is 0 Å². The summed E-state index contributed by atoms with van der Waals surface area (Å²) in [5.41, 5.74) is 2.41. The number of unbranched alkanes of at least 4 members (excludes halogenated alkanes) is 5. The minimum absolute atomic E-state index is 0.666. The van der Waals surface area contributed by atoms with E-state index in [9.17, 15) is 0 Å². The molecule has 0 aromatic carbocycles. The molecule has 0 radical (unpaired) electrons. The highest BCUT2D eigenvalue weighted by Gasteiger charge is 2.23. The third kappa shape index (κ3) is 6.61. The van der Waals surface area contributed by atoms with Gasteiger partial charge in [0.2, 0.25) is 0 Å². The first kappa shape index (κ1) is 18.4. The predicted molar refractivity (Wildman–Crippen MR) is 98.7 cm³/mol. The Morgan fingerprint density at radius 1 is 0.826 bits per heavy atom. The van der Waals surface area contributed by atoms with Crippen LogP contribution >= 0.6 is 0 Å². The van der Waals surface area contributed by atoms with Crippen LogP contribution in [-0.4, -0.2) is 10.2 Å². The molecule has 0 bridgehead atoms. The number of aromatic nitrogens is 2. The summed E-state index contributed by atoms with van der Waals surface area (Å²) in [5, 5.41) is 8.96. The molecule has 0 unspecified atom stereocenters. The van der Waals surface area contributed by atoms with Crippen LogP contribution in [0.5, 0.6) is 0 Å². The standard InChI is InChI=1S/C21H36N2/c1-3-5-7-8-9-10-18-12-14-19(15-13-18)21-17-16-20(22-23-21)11-6-4-2/h16-19H,3-15H2,1-2H3. The highest BCUT2D eigenvalue weighted by molar-refractivity contribution is 5.12. The van der Waals surface area contributed by atoms with E-state index in [-0.39, 0.29) is 0 Å². The van der Waals surface area contributed by atoms with E-state index < -0.39 is 0 Å². The first-order valence-corrected chi connectivity index (χ1v) is 10.2. The largest absolute Gasteiger partial charge is 0.155 e. The second kappa shape index (κ2) is 10.8. The van der Waals surface area contributed by atoms with Gasteiger partial charge in [-0.25, -0.2) is 0 Å². The Kier molecular flexibility index (Phi) is 8.63. The molecule has 0 amide bonds. The molecule has 1 aromatic heterocycles. The van der Waals surface area contributed by atoms with Gasteiger partial charge in [0.05, 0.1) is 11.4 Å². The van der Waals surface area contributed by atoms with E-state index in [4.69, 9.17) is 0 Å². The van der Waals surface area contributed by atoms with E-state index in [1.165, 1.54) is 82.7 Å². The van der Waals surface area contributed by atoms with Crippen molar-refractivity contribution in [3.63, 3.8) is 0 Å². The molecule has 0 spiro atoms. The number of hydrogen-bond acceptors (Lipinski definition) is 2. The van der Waals surface area contributed by atoms with E-state index >= 15 is 0 Å². The van der Waals surface area contributed by atoms with Crippen molar-refractivity contribution in [2.45, 2.75) is 103 Å². The molecular weight excluding hydrogens is 280 g/mol. The summed E-state index contributed by atoms with van der Waals surface area (Å²) in [6.07, 6.45) is 17.5. The fraction of sp³-hybridized carbons (Fsp3) is 0.810. The van der Waals surface area contributed by atoms with Crippen LogP contribution in [0.3, 0.4) is 0 Å². The Morgan fingerprint density at radius 2 is 1.57 bits per heavy atom. The Hall–Kier alpha value is -0.920. The van der Waals surface area contributed by atoms with Crippen LogP contribution in [0.1, 0.15) is 108 Å². The maximum atomic E-state index is 4.53. The summed E-state index contributed by atoms with van der Waals surface area (Å²) < 4.78 is 0. The van der Waals surface area contributed by atoms with Gasteiger partial charge >= 0.3 is 0 Å². The van der Waals surface area contributed by atoms with Crippen LogP contribution in [-0.2, 0) is 6.42 Å². The Labute approximate surface area is 143 Å². The van der Waals surface area contributed by atoms with E-state index in [1.54, 1.807) is 0 Å². The fourth-order valence-corrected chi connectivity index (χ4v) is 3.86. The predicted octanol–water partition coefficient (Wildman–Crippen LogP) is 6.45. The van der Waals surface area contributed by atoms with Crippen molar-refractivity contribution in [3.8, 4) is 0 Å². The van der Waals surface area contributed by atoms with Gasteiger partial charge in [0.15, 0.2) is 0 Å². The van der Waals surface area contributed by atoms with E-state index in [0.29, 0.717) is 5.92 Å². The molecule has 2 rings (SSSR count). The molecule has 0 saturated heterocycles.